The Hall–Kier alpha value is -2.67. The highest BCUT2D eigenvalue weighted by atomic mass is 16.3. The van der Waals surface area contributed by atoms with Gasteiger partial charge >= 0.3 is 0 Å². The van der Waals surface area contributed by atoms with Gasteiger partial charge in [-0.25, -0.2) is 4.68 Å². The van der Waals surface area contributed by atoms with Crippen molar-refractivity contribution in [2.45, 2.75) is 69.9 Å². The molecule has 9 rings (SSSR count). The molecule has 5 heterocycles. The van der Waals surface area contributed by atoms with Crippen molar-refractivity contribution >= 4 is 22.7 Å². The van der Waals surface area contributed by atoms with Crippen molar-refractivity contribution in [3.8, 4) is 5.82 Å². The molecule has 3 saturated heterocycles. The fraction of sp³-hybridized carbons (Fsp3) is 0.593. The molecule has 1 N–H and O–H groups in total. The first-order chi connectivity index (χ1) is 16.3. The lowest BCUT2D eigenvalue weighted by Crippen LogP contribution is -2.50. The van der Waals surface area contributed by atoms with Crippen LogP contribution in [-0.2, 0) is 0 Å². The second kappa shape index (κ2) is 6.11. The van der Waals surface area contributed by atoms with Crippen molar-refractivity contribution < 1.29 is 5.11 Å². The Morgan fingerprint density at radius 1 is 1.03 bits per heavy atom. The van der Waals surface area contributed by atoms with Crippen LogP contribution in [-0.4, -0.2) is 56.1 Å². The van der Waals surface area contributed by atoms with Crippen LogP contribution in [0.25, 0.3) is 16.7 Å². The van der Waals surface area contributed by atoms with E-state index in [0.29, 0.717) is 11.5 Å². The van der Waals surface area contributed by atoms with Gasteiger partial charge < -0.3 is 14.9 Å². The molecule has 2 aromatic heterocycles. The quantitative estimate of drug-likeness (QED) is 0.625. The highest BCUT2D eigenvalue weighted by Crippen LogP contribution is 2.75. The fourth-order valence-corrected chi connectivity index (χ4v) is 6.90. The van der Waals surface area contributed by atoms with Gasteiger partial charge in [-0.1, -0.05) is 12.1 Å². The zero-order valence-electron chi connectivity index (χ0n) is 20.0. The second-order valence-electron chi connectivity index (χ2n) is 12.2. The van der Waals surface area contributed by atoms with E-state index in [1.54, 1.807) is 0 Å². The van der Waals surface area contributed by atoms with Crippen molar-refractivity contribution in [2.24, 2.45) is 10.8 Å². The Labute approximate surface area is 199 Å². The number of fused-ring (bicyclic) bond motifs is 2. The number of nitrogens with zero attached hydrogens (tertiary/aromatic N) is 6. The Balaban J connectivity index is 1.21. The molecule has 0 amide bonds. The van der Waals surface area contributed by atoms with Gasteiger partial charge in [-0.05, 0) is 75.3 Å². The molecular weight excluding hydrogens is 424 g/mol. The summed E-state index contributed by atoms with van der Waals surface area (Å²) in [5.41, 5.74) is 2.52. The van der Waals surface area contributed by atoms with E-state index in [1.807, 2.05) is 24.7 Å². The first-order valence-electron chi connectivity index (χ1n) is 13.0. The van der Waals surface area contributed by atoms with Gasteiger partial charge in [0, 0.05) is 42.5 Å². The molecule has 1 atom stereocenters. The number of benzene rings is 1. The van der Waals surface area contributed by atoms with Crippen LogP contribution < -0.4 is 9.80 Å². The average Bonchev–Trinajstić information content (AvgIpc) is 3.48. The molecule has 176 valence electrons. The third-order valence-corrected chi connectivity index (χ3v) is 9.88. The summed E-state index contributed by atoms with van der Waals surface area (Å²) in [6.45, 7) is 6.79. The zero-order valence-corrected chi connectivity index (χ0v) is 20.0. The average molecular weight is 457 g/mol. The molecule has 3 aliphatic carbocycles. The topological polar surface area (TPSA) is 70.3 Å². The number of anilines is 2. The normalized spacial score (nSPS) is 30.6. The van der Waals surface area contributed by atoms with Crippen molar-refractivity contribution in [1.29, 1.82) is 0 Å². The molecule has 34 heavy (non-hydrogen) atoms. The summed E-state index contributed by atoms with van der Waals surface area (Å²) in [7, 11) is 0. The molecule has 3 saturated carbocycles. The largest absolute Gasteiger partial charge is 0.390 e. The summed E-state index contributed by atoms with van der Waals surface area (Å²) in [4.78, 5) is 14.7. The van der Waals surface area contributed by atoms with Gasteiger partial charge in [0.25, 0.3) is 0 Å². The lowest BCUT2D eigenvalue weighted by atomic mass is 9.61. The monoisotopic (exact) mass is 456 g/mol. The van der Waals surface area contributed by atoms with Crippen molar-refractivity contribution in [2.75, 3.05) is 29.4 Å². The van der Waals surface area contributed by atoms with Crippen molar-refractivity contribution in [3.63, 3.8) is 0 Å². The predicted octanol–water partition coefficient (Wildman–Crippen LogP) is 4.03. The number of aliphatic hydroxyl groups is 1. The summed E-state index contributed by atoms with van der Waals surface area (Å²) < 4.78 is 2.02. The van der Waals surface area contributed by atoms with Gasteiger partial charge in [-0.15, -0.1) is 0 Å². The molecule has 2 bridgehead atoms. The Morgan fingerprint density at radius 3 is 2.47 bits per heavy atom. The van der Waals surface area contributed by atoms with Crippen LogP contribution in [0.4, 0.5) is 11.8 Å². The smallest absolute Gasteiger partial charge is 0.229 e. The van der Waals surface area contributed by atoms with Gasteiger partial charge in [0.2, 0.25) is 5.95 Å². The first kappa shape index (κ1) is 19.6. The predicted molar refractivity (Wildman–Crippen MR) is 132 cm³/mol. The molecule has 1 aromatic carbocycles. The third kappa shape index (κ3) is 2.59. The van der Waals surface area contributed by atoms with E-state index in [0.717, 1.165) is 66.9 Å². The van der Waals surface area contributed by atoms with E-state index in [2.05, 4.69) is 34.1 Å². The Bertz CT molecular complexity index is 1320. The zero-order chi connectivity index (χ0) is 22.9. The van der Waals surface area contributed by atoms with E-state index < -0.39 is 5.60 Å². The molecule has 7 heteroatoms. The van der Waals surface area contributed by atoms with E-state index >= 15 is 0 Å². The molecule has 3 aromatic rings. The molecule has 6 fully saturated rings. The van der Waals surface area contributed by atoms with Crippen molar-refractivity contribution in [3.05, 3.63) is 36.0 Å². The Morgan fingerprint density at radius 2 is 1.82 bits per heavy atom. The highest BCUT2D eigenvalue weighted by Gasteiger charge is 2.63. The standard InChI is InChI=1S/C27H32N6O/c1-25(2,34)27-12-19(13-27)32(16-27)22-11-23(30-24(29-22)31-8-3-9-31)33-21-10-17(4-5-18(21)15-28-33)20-14-26(20)6-7-26/h4-5,10-11,15,19-20,34H,3,6-9,12-14,16H2,1-2H3. The van der Waals surface area contributed by atoms with Crippen LogP contribution in [0.5, 0.6) is 0 Å². The molecule has 0 radical (unpaired) electrons. The van der Waals surface area contributed by atoms with Crippen LogP contribution in [0.15, 0.2) is 30.5 Å². The minimum atomic E-state index is -0.676. The van der Waals surface area contributed by atoms with Gasteiger partial charge in [-0.2, -0.15) is 15.1 Å². The maximum Gasteiger partial charge on any atom is 0.229 e. The lowest BCUT2D eigenvalue weighted by Gasteiger charge is -2.45. The van der Waals surface area contributed by atoms with Gasteiger partial charge in [0.1, 0.15) is 5.82 Å². The number of aromatic nitrogens is 4. The van der Waals surface area contributed by atoms with Crippen LogP contribution in [0.3, 0.4) is 0 Å². The minimum Gasteiger partial charge on any atom is -0.390 e. The number of hydrogen-bond acceptors (Lipinski definition) is 6. The van der Waals surface area contributed by atoms with Gasteiger partial charge in [-0.3, -0.25) is 0 Å². The van der Waals surface area contributed by atoms with Gasteiger partial charge in [0.05, 0.1) is 17.3 Å². The summed E-state index contributed by atoms with van der Waals surface area (Å²) in [5.74, 6) is 3.35. The molecule has 3 aliphatic heterocycles. The van der Waals surface area contributed by atoms with Crippen molar-refractivity contribution in [1.82, 2.24) is 19.7 Å². The Kier molecular flexibility index (Phi) is 3.53. The molecule has 1 spiro atoms. The highest BCUT2D eigenvalue weighted by molar-refractivity contribution is 5.81. The van der Waals surface area contributed by atoms with E-state index in [-0.39, 0.29) is 5.41 Å². The number of hydrogen-bond donors (Lipinski definition) is 1. The maximum absolute atomic E-state index is 10.8. The minimum absolute atomic E-state index is 0.0317. The summed E-state index contributed by atoms with van der Waals surface area (Å²) in [5, 5.41) is 16.8. The first-order valence-corrected chi connectivity index (χ1v) is 13.0. The summed E-state index contributed by atoms with van der Waals surface area (Å²) in [6, 6.07) is 9.44. The molecule has 1 unspecified atom stereocenters. The SMILES string of the molecule is CC(C)(O)C12CC(C1)N(c1cc(-n3ncc4ccc(C5CC56CC6)cc43)nc(N3CCC3)n1)C2. The molecule has 7 nitrogen and oxygen atoms in total. The lowest BCUT2D eigenvalue weighted by molar-refractivity contribution is -0.0754. The molecular formula is C27H32N6O. The second-order valence-corrected chi connectivity index (χ2v) is 12.2. The van der Waals surface area contributed by atoms with Crippen LogP contribution in [0, 0.1) is 10.8 Å². The third-order valence-electron chi connectivity index (χ3n) is 9.88. The van der Waals surface area contributed by atoms with Crippen LogP contribution in [0.2, 0.25) is 0 Å². The maximum atomic E-state index is 10.8. The summed E-state index contributed by atoms with van der Waals surface area (Å²) in [6.07, 6.45) is 9.36. The van der Waals surface area contributed by atoms with Crippen LogP contribution >= 0.6 is 0 Å². The number of rotatable bonds is 5. The van der Waals surface area contributed by atoms with E-state index in [4.69, 9.17) is 15.1 Å². The fourth-order valence-electron chi connectivity index (χ4n) is 6.90. The summed E-state index contributed by atoms with van der Waals surface area (Å²) >= 11 is 0. The van der Waals surface area contributed by atoms with E-state index in [1.165, 1.54) is 31.2 Å². The van der Waals surface area contributed by atoms with Gasteiger partial charge in [0.15, 0.2) is 5.82 Å². The van der Waals surface area contributed by atoms with Crippen LogP contribution in [0.1, 0.15) is 63.9 Å². The molecule has 6 aliphatic rings. The van der Waals surface area contributed by atoms with E-state index in [9.17, 15) is 5.11 Å².